The highest BCUT2D eigenvalue weighted by Crippen LogP contribution is 2.33. The molecule has 1 saturated heterocycles. The summed E-state index contributed by atoms with van der Waals surface area (Å²) in [5, 5.41) is 13.2. The van der Waals surface area contributed by atoms with Crippen molar-refractivity contribution < 1.29 is 5.11 Å². The molecule has 0 aromatic carbocycles. The molecule has 2 heterocycles. The summed E-state index contributed by atoms with van der Waals surface area (Å²) in [7, 11) is 4.16. The molecule has 20 heavy (non-hydrogen) atoms. The summed E-state index contributed by atoms with van der Waals surface area (Å²) in [6.07, 6.45) is 1.63. The number of rotatable bonds is 6. The molecule has 0 radical (unpaired) electrons. The zero-order valence-electron chi connectivity index (χ0n) is 12.4. The predicted molar refractivity (Wildman–Crippen MR) is 84.4 cm³/mol. The van der Waals surface area contributed by atoms with Crippen LogP contribution < -0.4 is 0 Å². The third-order valence-corrected chi connectivity index (χ3v) is 5.06. The number of aromatic nitrogens is 1. The first kappa shape index (κ1) is 16.2. The Labute approximate surface area is 130 Å². The van der Waals surface area contributed by atoms with Crippen LogP contribution >= 0.6 is 22.9 Å². The summed E-state index contributed by atoms with van der Waals surface area (Å²) >= 11 is 7.54. The molecule has 3 atom stereocenters. The van der Waals surface area contributed by atoms with Gasteiger partial charge < -0.3 is 10.0 Å². The van der Waals surface area contributed by atoms with Gasteiger partial charge in [-0.15, -0.1) is 22.9 Å². The van der Waals surface area contributed by atoms with E-state index < -0.39 is 0 Å². The lowest BCUT2D eigenvalue weighted by molar-refractivity contribution is 0.133. The average molecular weight is 318 g/mol. The first-order valence-corrected chi connectivity index (χ1v) is 8.55. The van der Waals surface area contributed by atoms with Crippen molar-refractivity contribution >= 4 is 22.9 Å². The Morgan fingerprint density at radius 1 is 1.60 bits per heavy atom. The highest BCUT2D eigenvalue weighted by molar-refractivity contribution is 7.09. The maximum absolute atomic E-state index is 10.0. The molecular formula is C14H24ClN3OS. The summed E-state index contributed by atoms with van der Waals surface area (Å²) in [6.45, 7) is 3.90. The fraction of sp³-hybridized carbons (Fsp3) is 0.786. The maximum atomic E-state index is 10.0. The van der Waals surface area contributed by atoms with Crippen molar-refractivity contribution in [1.82, 2.24) is 14.8 Å². The first-order valence-electron chi connectivity index (χ1n) is 7.14. The van der Waals surface area contributed by atoms with Crippen LogP contribution in [0.2, 0.25) is 0 Å². The quantitative estimate of drug-likeness (QED) is 0.817. The van der Waals surface area contributed by atoms with Crippen LogP contribution in [-0.2, 0) is 5.88 Å². The zero-order valence-corrected chi connectivity index (χ0v) is 14.0. The van der Waals surface area contributed by atoms with Crippen LogP contribution in [0.25, 0.3) is 0 Å². The standard InChI is InChI=1S/C14H24ClN3OS/c1-4-13(14-16-10(6-15)9-20-14)18-8-12(19)5-11(18)7-17(2)3/h9,11-13,19H,4-8H2,1-3H3. The third kappa shape index (κ3) is 3.71. The van der Waals surface area contributed by atoms with Crippen LogP contribution in [0.3, 0.4) is 0 Å². The Bertz CT molecular complexity index is 426. The Morgan fingerprint density at radius 3 is 2.90 bits per heavy atom. The second-order valence-electron chi connectivity index (χ2n) is 5.74. The van der Waals surface area contributed by atoms with E-state index in [2.05, 4.69) is 35.8 Å². The minimum Gasteiger partial charge on any atom is -0.392 e. The van der Waals surface area contributed by atoms with Gasteiger partial charge in [-0.3, -0.25) is 4.90 Å². The van der Waals surface area contributed by atoms with E-state index in [9.17, 15) is 5.11 Å². The van der Waals surface area contributed by atoms with Crippen molar-refractivity contribution in [1.29, 1.82) is 0 Å². The smallest absolute Gasteiger partial charge is 0.110 e. The number of likely N-dealkylation sites (tertiary alicyclic amines) is 1. The van der Waals surface area contributed by atoms with Crippen LogP contribution in [0, 0.1) is 0 Å². The van der Waals surface area contributed by atoms with Gasteiger partial charge in [-0.05, 0) is 26.9 Å². The lowest BCUT2D eigenvalue weighted by Gasteiger charge is -2.32. The van der Waals surface area contributed by atoms with Crippen molar-refractivity contribution in [3.63, 3.8) is 0 Å². The normalized spacial score (nSPS) is 25.5. The van der Waals surface area contributed by atoms with Crippen molar-refractivity contribution in [2.75, 3.05) is 27.2 Å². The highest BCUT2D eigenvalue weighted by atomic mass is 35.5. The molecule has 0 spiro atoms. The van der Waals surface area contributed by atoms with Crippen molar-refractivity contribution in [3.8, 4) is 0 Å². The van der Waals surface area contributed by atoms with Crippen LogP contribution in [0.5, 0.6) is 0 Å². The number of likely N-dealkylation sites (N-methyl/N-ethyl adjacent to an activating group) is 1. The second kappa shape index (κ2) is 7.18. The number of aliphatic hydroxyl groups is 1. The first-order chi connectivity index (χ1) is 9.55. The summed E-state index contributed by atoms with van der Waals surface area (Å²) < 4.78 is 0. The van der Waals surface area contributed by atoms with Gasteiger partial charge in [0.1, 0.15) is 5.01 Å². The van der Waals surface area contributed by atoms with E-state index in [1.807, 2.05) is 5.38 Å². The molecule has 114 valence electrons. The number of aliphatic hydroxyl groups excluding tert-OH is 1. The molecule has 0 saturated carbocycles. The number of β-amino-alcohol motifs (C(OH)–C–C–N with tert-alkyl or cyclic N) is 1. The Kier molecular flexibility index (Phi) is 5.81. The molecule has 1 aliphatic rings. The fourth-order valence-corrected chi connectivity index (χ4v) is 4.24. The van der Waals surface area contributed by atoms with Gasteiger partial charge in [-0.25, -0.2) is 4.98 Å². The summed E-state index contributed by atoms with van der Waals surface area (Å²) in [5.41, 5.74) is 0.953. The predicted octanol–water partition coefficient (Wildman–Crippen LogP) is 2.33. The van der Waals surface area contributed by atoms with E-state index in [1.165, 1.54) is 0 Å². The van der Waals surface area contributed by atoms with Crippen molar-refractivity contribution in [3.05, 3.63) is 16.1 Å². The molecule has 0 bridgehead atoms. The van der Waals surface area contributed by atoms with Gasteiger partial charge in [0.25, 0.3) is 0 Å². The van der Waals surface area contributed by atoms with Gasteiger partial charge in [0.05, 0.1) is 23.7 Å². The van der Waals surface area contributed by atoms with Crippen LogP contribution in [0.1, 0.15) is 36.5 Å². The third-order valence-electron chi connectivity index (χ3n) is 3.79. The SMILES string of the molecule is CCC(c1nc(CCl)cs1)N1CC(O)CC1CN(C)C. The molecule has 1 fully saturated rings. The van der Waals surface area contributed by atoms with Gasteiger partial charge in [0.2, 0.25) is 0 Å². The van der Waals surface area contributed by atoms with Crippen molar-refractivity contribution in [2.45, 2.75) is 43.8 Å². The van der Waals surface area contributed by atoms with Crippen molar-refractivity contribution in [2.24, 2.45) is 0 Å². The van der Waals surface area contributed by atoms with Crippen LogP contribution in [0.15, 0.2) is 5.38 Å². The largest absolute Gasteiger partial charge is 0.392 e. The molecule has 1 aromatic heterocycles. The van der Waals surface area contributed by atoms with E-state index in [-0.39, 0.29) is 6.10 Å². The monoisotopic (exact) mass is 317 g/mol. The molecule has 1 N–H and O–H groups in total. The topological polar surface area (TPSA) is 39.6 Å². The number of hydrogen-bond acceptors (Lipinski definition) is 5. The number of halogens is 1. The van der Waals surface area contributed by atoms with Crippen LogP contribution in [-0.4, -0.2) is 59.2 Å². The minimum absolute atomic E-state index is 0.221. The molecule has 4 nitrogen and oxygen atoms in total. The average Bonchev–Trinajstić information content (AvgIpc) is 2.98. The number of alkyl halides is 1. The molecule has 0 aliphatic carbocycles. The van der Waals surface area contributed by atoms with Gasteiger partial charge in [0.15, 0.2) is 0 Å². The molecule has 1 aliphatic heterocycles. The van der Waals surface area contributed by atoms with E-state index in [4.69, 9.17) is 11.6 Å². The minimum atomic E-state index is -0.221. The summed E-state index contributed by atoms with van der Waals surface area (Å²) in [6, 6.07) is 0.687. The molecule has 2 rings (SSSR count). The van der Waals surface area contributed by atoms with Gasteiger partial charge in [-0.2, -0.15) is 0 Å². The van der Waals surface area contributed by atoms with Gasteiger partial charge in [0, 0.05) is 24.5 Å². The lowest BCUT2D eigenvalue weighted by Crippen LogP contribution is -2.39. The second-order valence-corrected chi connectivity index (χ2v) is 6.89. The Morgan fingerprint density at radius 2 is 2.35 bits per heavy atom. The van der Waals surface area contributed by atoms with Gasteiger partial charge >= 0.3 is 0 Å². The summed E-state index contributed by atoms with van der Waals surface area (Å²) in [4.78, 5) is 9.24. The van der Waals surface area contributed by atoms with Crippen LogP contribution in [0.4, 0.5) is 0 Å². The molecule has 1 aromatic rings. The number of hydrogen-bond donors (Lipinski definition) is 1. The number of nitrogens with zero attached hydrogens (tertiary/aromatic N) is 3. The Balaban J connectivity index is 2.16. The summed E-state index contributed by atoms with van der Waals surface area (Å²) in [5.74, 6) is 0.469. The van der Waals surface area contributed by atoms with E-state index in [1.54, 1.807) is 11.3 Å². The zero-order chi connectivity index (χ0) is 14.7. The molecule has 3 unspecified atom stereocenters. The van der Waals surface area contributed by atoms with E-state index >= 15 is 0 Å². The maximum Gasteiger partial charge on any atom is 0.110 e. The van der Waals surface area contributed by atoms with Gasteiger partial charge in [-0.1, -0.05) is 6.92 Å². The molecule has 6 heteroatoms. The highest BCUT2D eigenvalue weighted by Gasteiger charge is 2.36. The lowest BCUT2D eigenvalue weighted by atomic mass is 10.1. The Hall–Kier alpha value is -0.200. The molecule has 0 amide bonds. The fourth-order valence-electron chi connectivity index (χ4n) is 2.99. The molecular weight excluding hydrogens is 294 g/mol. The number of thiazole rings is 1. The van der Waals surface area contributed by atoms with E-state index in [0.717, 1.165) is 36.6 Å². The van der Waals surface area contributed by atoms with E-state index in [0.29, 0.717) is 18.0 Å².